The SMILES string of the molecule is O=C(CC1CC2C=CC1C2O)OC1CCCCCCC1. The summed E-state index contributed by atoms with van der Waals surface area (Å²) in [6, 6.07) is 0. The van der Waals surface area contributed by atoms with Crippen molar-refractivity contribution in [3.63, 3.8) is 0 Å². The van der Waals surface area contributed by atoms with Crippen molar-refractivity contribution in [3.8, 4) is 0 Å². The third kappa shape index (κ3) is 3.08. The molecular formula is C17H26O3. The molecule has 0 heterocycles. The van der Waals surface area contributed by atoms with E-state index in [0.717, 1.165) is 19.3 Å². The first-order valence-electron chi connectivity index (χ1n) is 8.30. The Bertz CT molecular complexity index is 368. The van der Waals surface area contributed by atoms with Gasteiger partial charge in [0, 0.05) is 18.3 Å². The summed E-state index contributed by atoms with van der Waals surface area (Å²) in [5, 5.41) is 9.99. The standard InChI is InChI=1S/C17H26O3/c18-16(20-14-6-4-2-1-3-5-7-14)11-13-10-12-8-9-15(13)17(12)19/h8-9,12-15,17,19H,1-7,10-11H2. The molecule has 0 aromatic heterocycles. The molecule has 20 heavy (non-hydrogen) atoms. The van der Waals surface area contributed by atoms with Crippen molar-refractivity contribution >= 4 is 5.97 Å². The maximum Gasteiger partial charge on any atom is 0.306 e. The first kappa shape index (κ1) is 14.1. The lowest BCUT2D eigenvalue weighted by Crippen LogP contribution is -2.23. The van der Waals surface area contributed by atoms with Crippen LogP contribution in [0.2, 0.25) is 0 Å². The number of aliphatic hydroxyl groups is 1. The van der Waals surface area contributed by atoms with Gasteiger partial charge in [0.05, 0.1) is 6.10 Å². The summed E-state index contributed by atoms with van der Waals surface area (Å²) in [7, 11) is 0. The second-order valence-electron chi connectivity index (χ2n) is 6.77. The third-order valence-corrected chi connectivity index (χ3v) is 5.31. The summed E-state index contributed by atoms with van der Waals surface area (Å²) in [5.74, 6) is 0.707. The van der Waals surface area contributed by atoms with Gasteiger partial charge in [0.25, 0.3) is 0 Å². The lowest BCUT2D eigenvalue weighted by atomic mass is 9.90. The largest absolute Gasteiger partial charge is 0.462 e. The monoisotopic (exact) mass is 278 g/mol. The van der Waals surface area contributed by atoms with E-state index in [0.29, 0.717) is 12.3 Å². The van der Waals surface area contributed by atoms with Crippen LogP contribution in [0.3, 0.4) is 0 Å². The van der Waals surface area contributed by atoms with E-state index in [-0.39, 0.29) is 30.0 Å². The van der Waals surface area contributed by atoms with Crippen molar-refractivity contribution in [3.05, 3.63) is 12.2 Å². The minimum Gasteiger partial charge on any atom is -0.462 e. The van der Waals surface area contributed by atoms with E-state index in [1.54, 1.807) is 0 Å². The van der Waals surface area contributed by atoms with Gasteiger partial charge in [0.1, 0.15) is 6.10 Å². The molecule has 2 bridgehead atoms. The molecule has 3 rings (SSSR count). The molecule has 3 nitrogen and oxygen atoms in total. The van der Waals surface area contributed by atoms with Gasteiger partial charge in [-0.15, -0.1) is 0 Å². The molecule has 2 saturated carbocycles. The van der Waals surface area contributed by atoms with Crippen molar-refractivity contribution < 1.29 is 14.6 Å². The highest BCUT2D eigenvalue weighted by Gasteiger charge is 2.44. The number of esters is 1. The number of aliphatic hydroxyl groups excluding tert-OH is 1. The molecule has 3 aliphatic carbocycles. The van der Waals surface area contributed by atoms with Gasteiger partial charge in [-0.25, -0.2) is 0 Å². The predicted molar refractivity (Wildman–Crippen MR) is 77.0 cm³/mol. The van der Waals surface area contributed by atoms with Crippen LogP contribution in [0, 0.1) is 17.8 Å². The van der Waals surface area contributed by atoms with Gasteiger partial charge in [-0.2, -0.15) is 0 Å². The van der Waals surface area contributed by atoms with Crippen LogP contribution >= 0.6 is 0 Å². The van der Waals surface area contributed by atoms with Crippen LogP contribution in [-0.2, 0) is 9.53 Å². The van der Waals surface area contributed by atoms with Crippen LogP contribution in [0.5, 0.6) is 0 Å². The second-order valence-corrected chi connectivity index (χ2v) is 6.77. The third-order valence-electron chi connectivity index (χ3n) is 5.31. The Balaban J connectivity index is 1.46. The van der Waals surface area contributed by atoms with Crippen molar-refractivity contribution in [2.45, 2.75) is 70.0 Å². The smallest absolute Gasteiger partial charge is 0.306 e. The minimum absolute atomic E-state index is 0.0475. The van der Waals surface area contributed by atoms with Gasteiger partial charge in [0.15, 0.2) is 0 Å². The van der Waals surface area contributed by atoms with Gasteiger partial charge in [-0.1, -0.05) is 31.4 Å². The average molecular weight is 278 g/mol. The molecule has 112 valence electrons. The fourth-order valence-corrected chi connectivity index (χ4v) is 4.15. The molecule has 1 N–H and O–H groups in total. The number of carbonyl (C=O) groups excluding carboxylic acids is 1. The molecule has 4 unspecified atom stereocenters. The Morgan fingerprint density at radius 2 is 1.80 bits per heavy atom. The summed E-state index contributed by atoms with van der Waals surface area (Å²) < 4.78 is 5.69. The summed E-state index contributed by atoms with van der Waals surface area (Å²) in [4.78, 5) is 12.1. The van der Waals surface area contributed by atoms with E-state index >= 15 is 0 Å². The summed E-state index contributed by atoms with van der Waals surface area (Å²) in [5.41, 5.74) is 0. The number of hydrogen-bond donors (Lipinski definition) is 1. The van der Waals surface area contributed by atoms with E-state index < -0.39 is 0 Å². The topological polar surface area (TPSA) is 46.5 Å². The first-order chi connectivity index (χ1) is 9.74. The lowest BCUT2D eigenvalue weighted by molar-refractivity contribution is -0.151. The predicted octanol–water partition coefficient (Wildman–Crippen LogP) is 3.22. The summed E-state index contributed by atoms with van der Waals surface area (Å²) in [6.45, 7) is 0. The Hall–Kier alpha value is -0.830. The average Bonchev–Trinajstić information content (AvgIpc) is 2.88. The molecule has 3 heteroatoms. The Kier molecular flexibility index (Phi) is 4.45. The van der Waals surface area contributed by atoms with Gasteiger partial charge in [-0.3, -0.25) is 4.79 Å². The lowest BCUT2D eigenvalue weighted by Gasteiger charge is -2.22. The highest BCUT2D eigenvalue weighted by atomic mass is 16.5. The maximum atomic E-state index is 12.1. The highest BCUT2D eigenvalue weighted by molar-refractivity contribution is 5.70. The van der Waals surface area contributed by atoms with Gasteiger partial charge >= 0.3 is 5.97 Å². The van der Waals surface area contributed by atoms with Crippen molar-refractivity contribution in [1.82, 2.24) is 0 Å². The quantitative estimate of drug-likeness (QED) is 0.637. The summed E-state index contributed by atoms with van der Waals surface area (Å²) in [6.07, 6.45) is 13.8. The molecule has 3 aliphatic rings. The molecule has 0 saturated heterocycles. The van der Waals surface area contributed by atoms with E-state index in [1.165, 1.54) is 32.1 Å². The van der Waals surface area contributed by atoms with Crippen LogP contribution in [0.25, 0.3) is 0 Å². The van der Waals surface area contributed by atoms with Crippen LogP contribution in [0.4, 0.5) is 0 Å². The fraction of sp³-hybridized carbons (Fsp3) is 0.824. The Labute approximate surface area is 121 Å². The van der Waals surface area contributed by atoms with Gasteiger partial charge in [-0.05, 0) is 38.0 Å². The number of ether oxygens (including phenoxy) is 1. The molecule has 0 spiro atoms. The molecule has 0 aromatic rings. The zero-order chi connectivity index (χ0) is 13.9. The van der Waals surface area contributed by atoms with Crippen LogP contribution < -0.4 is 0 Å². The fourth-order valence-electron chi connectivity index (χ4n) is 4.15. The van der Waals surface area contributed by atoms with E-state index in [9.17, 15) is 9.90 Å². The Morgan fingerprint density at radius 1 is 1.10 bits per heavy atom. The normalized spacial score (nSPS) is 37.6. The van der Waals surface area contributed by atoms with E-state index in [1.807, 2.05) is 0 Å². The number of carbonyl (C=O) groups is 1. The highest BCUT2D eigenvalue weighted by Crippen LogP contribution is 2.45. The molecule has 0 aliphatic heterocycles. The second kappa shape index (κ2) is 6.30. The Morgan fingerprint density at radius 3 is 2.40 bits per heavy atom. The van der Waals surface area contributed by atoms with Crippen LogP contribution in [0.1, 0.15) is 57.8 Å². The number of hydrogen-bond acceptors (Lipinski definition) is 3. The molecule has 0 radical (unpaired) electrons. The number of rotatable bonds is 3. The summed E-state index contributed by atoms with van der Waals surface area (Å²) >= 11 is 0. The molecular weight excluding hydrogens is 252 g/mol. The molecule has 0 aromatic carbocycles. The van der Waals surface area contributed by atoms with E-state index in [2.05, 4.69) is 12.2 Å². The van der Waals surface area contributed by atoms with Gasteiger partial charge < -0.3 is 9.84 Å². The van der Waals surface area contributed by atoms with Crippen molar-refractivity contribution in [2.75, 3.05) is 0 Å². The zero-order valence-corrected chi connectivity index (χ0v) is 12.2. The van der Waals surface area contributed by atoms with Crippen LogP contribution in [0.15, 0.2) is 12.2 Å². The van der Waals surface area contributed by atoms with Crippen molar-refractivity contribution in [2.24, 2.45) is 17.8 Å². The van der Waals surface area contributed by atoms with Crippen LogP contribution in [-0.4, -0.2) is 23.3 Å². The van der Waals surface area contributed by atoms with E-state index in [4.69, 9.17) is 4.74 Å². The maximum absolute atomic E-state index is 12.1. The molecule has 2 fully saturated rings. The number of fused-ring (bicyclic) bond motifs is 2. The minimum atomic E-state index is -0.255. The first-order valence-corrected chi connectivity index (χ1v) is 8.30. The molecule has 4 atom stereocenters. The zero-order valence-electron chi connectivity index (χ0n) is 12.2. The van der Waals surface area contributed by atoms with Gasteiger partial charge in [0.2, 0.25) is 0 Å². The van der Waals surface area contributed by atoms with Crippen molar-refractivity contribution in [1.29, 1.82) is 0 Å². The molecule has 0 amide bonds.